The molecule has 114 valence electrons. The van der Waals surface area contributed by atoms with Crippen LogP contribution in [-0.2, 0) is 13.0 Å². The molecule has 1 aromatic heterocycles. The van der Waals surface area contributed by atoms with Crippen LogP contribution in [0.1, 0.15) is 38.4 Å². The fourth-order valence-electron chi connectivity index (χ4n) is 3.32. The number of fused-ring (bicyclic) bond motifs is 1. The predicted molar refractivity (Wildman–Crippen MR) is 85.4 cm³/mol. The third-order valence-corrected chi connectivity index (χ3v) is 4.43. The van der Waals surface area contributed by atoms with Gasteiger partial charge in [-0.25, -0.2) is 4.98 Å². The van der Waals surface area contributed by atoms with Crippen molar-refractivity contribution < 1.29 is 5.11 Å². The number of para-hydroxylation sites is 2. The molecule has 4 heteroatoms. The molecule has 0 saturated carbocycles. The van der Waals surface area contributed by atoms with Gasteiger partial charge in [-0.3, -0.25) is 0 Å². The summed E-state index contributed by atoms with van der Waals surface area (Å²) in [6.45, 7) is 5.05. The van der Waals surface area contributed by atoms with Crippen LogP contribution in [0, 0.1) is 0 Å². The van der Waals surface area contributed by atoms with Crippen LogP contribution >= 0.6 is 0 Å². The van der Waals surface area contributed by atoms with Crippen LogP contribution in [-0.4, -0.2) is 33.3 Å². The first-order valence-electron chi connectivity index (χ1n) is 8.09. The van der Waals surface area contributed by atoms with E-state index in [9.17, 15) is 5.11 Å². The van der Waals surface area contributed by atoms with Gasteiger partial charge >= 0.3 is 0 Å². The molecule has 1 atom stereocenters. The van der Waals surface area contributed by atoms with Gasteiger partial charge in [0.25, 0.3) is 0 Å². The molecule has 1 saturated heterocycles. The Labute approximate surface area is 126 Å². The summed E-state index contributed by atoms with van der Waals surface area (Å²) in [6.07, 6.45) is 4.43. The van der Waals surface area contributed by atoms with Gasteiger partial charge in [-0.2, -0.15) is 0 Å². The number of hydrogen-bond acceptors (Lipinski definition) is 3. The van der Waals surface area contributed by atoms with Crippen LogP contribution in [0.2, 0.25) is 0 Å². The van der Waals surface area contributed by atoms with Gasteiger partial charge in [-0.1, -0.05) is 19.1 Å². The Balaban J connectivity index is 1.93. The average molecular weight is 287 g/mol. The largest absolute Gasteiger partial charge is 0.389 e. The molecule has 0 amide bonds. The Morgan fingerprint density at radius 3 is 3.00 bits per heavy atom. The molecule has 21 heavy (non-hydrogen) atoms. The summed E-state index contributed by atoms with van der Waals surface area (Å²) in [5.41, 5.74) is 1.61. The second-order valence-corrected chi connectivity index (χ2v) is 6.17. The van der Waals surface area contributed by atoms with Crippen LogP contribution in [0.4, 0.5) is 0 Å². The normalized spacial score (nSPS) is 23.3. The van der Waals surface area contributed by atoms with Crippen molar-refractivity contribution >= 4 is 11.0 Å². The number of hydrogen-bond donors (Lipinski definition) is 2. The molecule has 3 rings (SSSR count). The minimum Gasteiger partial charge on any atom is -0.389 e. The number of nitrogens with zero attached hydrogens (tertiary/aromatic N) is 2. The SMILES string of the molecule is CCCn1c(CC2(O)CCCNCC2)nc2ccccc21. The Morgan fingerprint density at radius 1 is 1.29 bits per heavy atom. The molecule has 0 radical (unpaired) electrons. The summed E-state index contributed by atoms with van der Waals surface area (Å²) in [5, 5.41) is 14.3. The van der Waals surface area contributed by atoms with Crippen LogP contribution in [0.3, 0.4) is 0 Å². The topological polar surface area (TPSA) is 50.1 Å². The van der Waals surface area contributed by atoms with E-state index < -0.39 is 5.60 Å². The van der Waals surface area contributed by atoms with E-state index in [0.29, 0.717) is 6.42 Å². The van der Waals surface area contributed by atoms with Gasteiger partial charge in [0.05, 0.1) is 16.6 Å². The van der Waals surface area contributed by atoms with Crippen LogP contribution in [0.25, 0.3) is 11.0 Å². The highest BCUT2D eigenvalue weighted by molar-refractivity contribution is 5.75. The molecular weight excluding hydrogens is 262 g/mol. The van der Waals surface area contributed by atoms with Crippen LogP contribution < -0.4 is 5.32 Å². The summed E-state index contributed by atoms with van der Waals surface area (Å²) in [6, 6.07) is 8.27. The smallest absolute Gasteiger partial charge is 0.112 e. The van der Waals surface area contributed by atoms with Gasteiger partial charge in [0, 0.05) is 13.0 Å². The molecule has 1 aromatic carbocycles. The first-order chi connectivity index (χ1) is 10.2. The number of aliphatic hydroxyl groups is 1. The monoisotopic (exact) mass is 287 g/mol. The molecule has 1 fully saturated rings. The van der Waals surface area contributed by atoms with Crippen LogP contribution in [0.5, 0.6) is 0 Å². The zero-order valence-electron chi connectivity index (χ0n) is 12.8. The fourth-order valence-corrected chi connectivity index (χ4v) is 3.32. The molecule has 2 N–H and O–H groups in total. The lowest BCUT2D eigenvalue weighted by molar-refractivity contribution is 0.0259. The minimum absolute atomic E-state index is 0.615. The Bertz CT molecular complexity index is 597. The molecule has 1 unspecified atom stereocenters. The molecule has 1 aliphatic heterocycles. The highest BCUT2D eigenvalue weighted by atomic mass is 16.3. The standard InChI is InChI=1S/C17H25N3O/c1-2-12-20-15-7-4-3-6-14(15)19-16(20)13-17(21)8-5-10-18-11-9-17/h3-4,6-7,18,21H,2,5,8-13H2,1H3. The quantitative estimate of drug-likeness (QED) is 0.908. The zero-order valence-corrected chi connectivity index (χ0v) is 12.8. The lowest BCUT2D eigenvalue weighted by atomic mass is 9.91. The van der Waals surface area contributed by atoms with E-state index in [-0.39, 0.29) is 0 Å². The lowest BCUT2D eigenvalue weighted by Crippen LogP contribution is -2.33. The van der Waals surface area contributed by atoms with E-state index in [2.05, 4.69) is 35.0 Å². The van der Waals surface area contributed by atoms with Gasteiger partial charge in [0.1, 0.15) is 5.82 Å². The van der Waals surface area contributed by atoms with Crippen molar-refractivity contribution in [3.8, 4) is 0 Å². The van der Waals surface area contributed by atoms with Crippen molar-refractivity contribution in [1.82, 2.24) is 14.9 Å². The maximum atomic E-state index is 10.9. The minimum atomic E-state index is -0.615. The maximum Gasteiger partial charge on any atom is 0.112 e. The molecule has 1 aliphatic rings. The summed E-state index contributed by atoms with van der Waals surface area (Å²) < 4.78 is 2.28. The second-order valence-electron chi connectivity index (χ2n) is 6.17. The summed E-state index contributed by atoms with van der Waals surface area (Å²) in [5.74, 6) is 1.03. The van der Waals surface area contributed by atoms with E-state index in [0.717, 1.165) is 56.7 Å². The van der Waals surface area contributed by atoms with Crippen molar-refractivity contribution in [2.45, 2.75) is 51.2 Å². The van der Waals surface area contributed by atoms with Crippen molar-refractivity contribution in [2.24, 2.45) is 0 Å². The summed E-state index contributed by atoms with van der Waals surface area (Å²) in [7, 11) is 0. The fraction of sp³-hybridized carbons (Fsp3) is 0.588. The van der Waals surface area contributed by atoms with E-state index in [1.54, 1.807) is 0 Å². The van der Waals surface area contributed by atoms with Crippen molar-refractivity contribution in [1.29, 1.82) is 0 Å². The van der Waals surface area contributed by atoms with Gasteiger partial charge in [0.2, 0.25) is 0 Å². The molecule has 0 bridgehead atoms. The number of rotatable bonds is 4. The Hall–Kier alpha value is -1.39. The lowest BCUT2D eigenvalue weighted by Gasteiger charge is -2.26. The number of nitrogens with one attached hydrogen (secondary N) is 1. The van der Waals surface area contributed by atoms with Gasteiger partial charge in [0.15, 0.2) is 0 Å². The van der Waals surface area contributed by atoms with E-state index >= 15 is 0 Å². The third kappa shape index (κ3) is 3.11. The maximum absolute atomic E-state index is 10.9. The van der Waals surface area contributed by atoms with Gasteiger partial charge < -0.3 is 15.0 Å². The molecule has 0 aliphatic carbocycles. The van der Waals surface area contributed by atoms with Crippen molar-refractivity contribution in [3.63, 3.8) is 0 Å². The average Bonchev–Trinajstić information content (AvgIpc) is 2.66. The van der Waals surface area contributed by atoms with Crippen molar-refractivity contribution in [3.05, 3.63) is 30.1 Å². The summed E-state index contributed by atoms with van der Waals surface area (Å²) in [4.78, 5) is 4.78. The van der Waals surface area contributed by atoms with Gasteiger partial charge in [-0.05, 0) is 50.9 Å². The van der Waals surface area contributed by atoms with E-state index in [1.165, 1.54) is 5.52 Å². The molecule has 4 nitrogen and oxygen atoms in total. The van der Waals surface area contributed by atoms with Gasteiger partial charge in [-0.15, -0.1) is 0 Å². The number of aryl methyl sites for hydroxylation is 1. The number of imidazole rings is 1. The number of aromatic nitrogens is 2. The molecule has 2 aromatic rings. The second kappa shape index (κ2) is 6.16. The Kier molecular flexibility index (Phi) is 4.27. The van der Waals surface area contributed by atoms with Crippen molar-refractivity contribution in [2.75, 3.05) is 13.1 Å². The predicted octanol–water partition coefficient (Wildman–Crippen LogP) is 2.49. The molecule has 0 spiro atoms. The third-order valence-electron chi connectivity index (χ3n) is 4.43. The first-order valence-corrected chi connectivity index (χ1v) is 8.09. The molecule has 2 heterocycles. The highest BCUT2D eigenvalue weighted by Crippen LogP contribution is 2.26. The van der Waals surface area contributed by atoms with E-state index in [1.807, 2.05) is 6.07 Å². The molecular formula is C17H25N3O. The zero-order chi connectivity index (χ0) is 14.7. The summed E-state index contributed by atoms with van der Waals surface area (Å²) >= 11 is 0. The van der Waals surface area contributed by atoms with E-state index in [4.69, 9.17) is 4.98 Å². The first kappa shape index (κ1) is 14.5. The Morgan fingerprint density at radius 2 is 2.14 bits per heavy atom. The highest BCUT2D eigenvalue weighted by Gasteiger charge is 2.30. The van der Waals surface area contributed by atoms with Crippen LogP contribution in [0.15, 0.2) is 24.3 Å². The number of benzene rings is 1.